The van der Waals surface area contributed by atoms with E-state index in [0.29, 0.717) is 13.2 Å². The third-order valence-corrected chi connectivity index (χ3v) is 2.66. The first kappa shape index (κ1) is 16.4. The molecule has 0 aliphatic heterocycles. The van der Waals surface area contributed by atoms with Gasteiger partial charge in [0, 0.05) is 13.2 Å². The van der Waals surface area contributed by atoms with Crippen LogP contribution in [0, 0.1) is 16.7 Å². The van der Waals surface area contributed by atoms with Gasteiger partial charge in [-0.05, 0) is 39.5 Å². The van der Waals surface area contributed by atoms with E-state index in [0.717, 1.165) is 38.9 Å². The average Bonchev–Trinajstić information content (AvgIpc) is 2.31. The van der Waals surface area contributed by atoms with Crippen LogP contribution in [-0.4, -0.2) is 26.4 Å². The number of unbranched alkanes of at least 4 members (excludes halogenated alkanes) is 2. The van der Waals surface area contributed by atoms with Gasteiger partial charge in [-0.25, -0.2) is 0 Å². The summed E-state index contributed by atoms with van der Waals surface area (Å²) in [7, 11) is 0. The van der Waals surface area contributed by atoms with Crippen LogP contribution in [0.5, 0.6) is 0 Å². The largest absolute Gasteiger partial charge is 0.379 e. The lowest BCUT2D eigenvalue weighted by atomic mass is 9.89. The molecule has 0 radical (unpaired) electrons. The average molecular weight is 241 g/mol. The van der Waals surface area contributed by atoms with Crippen molar-refractivity contribution in [3.63, 3.8) is 0 Å². The fraction of sp³-hybridized carbons (Fsp3) is 0.929. The molecule has 0 aliphatic rings. The SMILES string of the molecule is CCCCOCCOCCCCC(C)(C)C#N. The van der Waals surface area contributed by atoms with Crippen LogP contribution in [-0.2, 0) is 9.47 Å². The molecule has 0 saturated carbocycles. The maximum Gasteiger partial charge on any atom is 0.0700 e. The van der Waals surface area contributed by atoms with Crippen molar-refractivity contribution in [1.82, 2.24) is 0 Å². The van der Waals surface area contributed by atoms with Gasteiger partial charge in [-0.15, -0.1) is 0 Å². The molecule has 100 valence electrons. The highest BCUT2D eigenvalue weighted by Gasteiger charge is 2.15. The summed E-state index contributed by atoms with van der Waals surface area (Å²) < 4.78 is 10.8. The Hall–Kier alpha value is -0.590. The Labute approximate surface area is 106 Å². The first-order chi connectivity index (χ1) is 8.12. The van der Waals surface area contributed by atoms with Crippen molar-refractivity contribution in [3.05, 3.63) is 0 Å². The summed E-state index contributed by atoms with van der Waals surface area (Å²) in [5, 5.41) is 8.84. The van der Waals surface area contributed by atoms with Crippen molar-refractivity contribution in [2.24, 2.45) is 5.41 Å². The topological polar surface area (TPSA) is 42.2 Å². The molecule has 0 spiro atoms. The van der Waals surface area contributed by atoms with Crippen molar-refractivity contribution in [2.45, 2.75) is 52.9 Å². The van der Waals surface area contributed by atoms with E-state index in [4.69, 9.17) is 14.7 Å². The molecular formula is C14H27NO2. The molecule has 0 heterocycles. The summed E-state index contributed by atoms with van der Waals surface area (Å²) in [5.41, 5.74) is -0.191. The van der Waals surface area contributed by atoms with Gasteiger partial charge in [-0.1, -0.05) is 13.3 Å². The molecule has 3 nitrogen and oxygen atoms in total. The van der Waals surface area contributed by atoms with Crippen LogP contribution in [0.2, 0.25) is 0 Å². The second-order valence-electron chi connectivity index (χ2n) is 5.03. The van der Waals surface area contributed by atoms with Gasteiger partial charge in [-0.2, -0.15) is 5.26 Å². The van der Waals surface area contributed by atoms with E-state index in [1.165, 1.54) is 6.42 Å². The van der Waals surface area contributed by atoms with E-state index < -0.39 is 0 Å². The van der Waals surface area contributed by atoms with Crippen molar-refractivity contribution in [3.8, 4) is 6.07 Å². The molecule has 17 heavy (non-hydrogen) atoms. The van der Waals surface area contributed by atoms with Crippen LogP contribution >= 0.6 is 0 Å². The Kier molecular flexibility index (Phi) is 10.2. The summed E-state index contributed by atoms with van der Waals surface area (Å²) in [6.07, 6.45) is 5.33. The highest BCUT2D eigenvalue weighted by molar-refractivity contribution is 4.91. The second-order valence-corrected chi connectivity index (χ2v) is 5.03. The molecule has 0 fully saturated rings. The fourth-order valence-electron chi connectivity index (χ4n) is 1.40. The minimum Gasteiger partial charge on any atom is -0.379 e. The standard InChI is InChI=1S/C14H27NO2/c1-4-5-9-16-11-12-17-10-7-6-8-14(2,3)13-15/h4-12H2,1-3H3. The highest BCUT2D eigenvalue weighted by atomic mass is 16.5. The maximum absolute atomic E-state index is 8.84. The van der Waals surface area contributed by atoms with Crippen LogP contribution in [0.4, 0.5) is 0 Å². The predicted octanol–water partition coefficient (Wildman–Crippen LogP) is 3.54. The summed E-state index contributed by atoms with van der Waals surface area (Å²) in [6.45, 7) is 9.12. The summed E-state index contributed by atoms with van der Waals surface area (Å²) in [5.74, 6) is 0. The Morgan fingerprint density at radius 2 is 1.53 bits per heavy atom. The van der Waals surface area contributed by atoms with Gasteiger partial charge in [0.05, 0.1) is 24.7 Å². The lowest BCUT2D eigenvalue weighted by molar-refractivity contribution is 0.0449. The Balaban J connectivity index is 3.12. The molecule has 0 aromatic rings. The number of nitrogens with zero attached hydrogens (tertiary/aromatic N) is 1. The molecule has 0 aromatic carbocycles. The molecule has 3 heteroatoms. The molecule has 0 saturated heterocycles. The van der Waals surface area contributed by atoms with Crippen molar-refractivity contribution < 1.29 is 9.47 Å². The van der Waals surface area contributed by atoms with Gasteiger partial charge in [0.15, 0.2) is 0 Å². The van der Waals surface area contributed by atoms with E-state index in [2.05, 4.69) is 13.0 Å². The van der Waals surface area contributed by atoms with Crippen LogP contribution in [0.3, 0.4) is 0 Å². The summed E-state index contributed by atoms with van der Waals surface area (Å²) >= 11 is 0. The van der Waals surface area contributed by atoms with Crippen molar-refractivity contribution in [1.29, 1.82) is 5.26 Å². The van der Waals surface area contributed by atoms with Crippen LogP contribution in [0.25, 0.3) is 0 Å². The van der Waals surface area contributed by atoms with Crippen molar-refractivity contribution >= 4 is 0 Å². The summed E-state index contributed by atoms with van der Waals surface area (Å²) in [4.78, 5) is 0. The van der Waals surface area contributed by atoms with E-state index >= 15 is 0 Å². The quantitative estimate of drug-likeness (QED) is 0.520. The minimum atomic E-state index is -0.191. The van der Waals surface area contributed by atoms with Gasteiger partial charge in [0.1, 0.15) is 0 Å². The molecule has 0 aromatic heterocycles. The second kappa shape index (κ2) is 10.6. The Bertz CT molecular complexity index is 209. The Morgan fingerprint density at radius 1 is 0.941 bits per heavy atom. The molecule has 0 aliphatic carbocycles. The van der Waals surface area contributed by atoms with E-state index in [1.54, 1.807) is 0 Å². The molecule has 0 amide bonds. The zero-order valence-electron chi connectivity index (χ0n) is 11.6. The molecule has 0 N–H and O–H groups in total. The zero-order valence-corrected chi connectivity index (χ0v) is 11.6. The zero-order chi connectivity index (χ0) is 13.0. The third kappa shape index (κ3) is 11.7. The van der Waals surface area contributed by atoms with Crippen molar-refractivity contribution in [2.75, 3.05) is 26.4 Å². The normalized spacial score (nSPS) is 11.4. The smallest absolute Gasteiger partial charge is 0.0700 e. The molecule has 0 bridgehead atoms. The molecular weight excluding hydrogens is 214 g/mol. The monoisotopic (exact) mass is 241 g/mol. The van der Waals surface area contributed by atoms with Gasteiger partial charge in [0.25, 0.3) is 0 Å². The van der Waals surface area contributed by atoms with Gasteiger partial charge < -0.3 is 9.47 Å². The number of hydrogen-bond donors (Lipinski definition) is 0. The lowest BCUT2D eigenvalue weighted by Gasteiger charge is -2.14. The number of nitriles is 1. The molecule has 0 atom stereocenters. The number of rotatable bonds is 11. The van der Waals surface area contributed by atoms with Gasteiger partial charge >= 0.3 is 0 Å². The first-order valence-corrected chi connectivity index (χ1v) is 6.69. The van der Waals surface area contributed by atoms with Crippen LogP contribution in [0.15, 0.2) is 0 Å². The van der Waals surface area contributed by atoms with E-state index in [-0.39, 0.29) is 5.41 Å². The third-order valence-electron chi connectivity index (χ3n) is 2.66. The lowest BCUT2D eigenvalue weighted by Crippen LogP contribution is -2.09. The minimum absolute atomic E-state index is 0.191. The highest BCUT2D eigenvalue weighted by Crippen LogP contribution is 2.21. The maximum atomic E-state index is 8.84. The van der Waals surface area contributed by atoms with Crippen LogP contribution < -0.4 is 0 Å². The van der Waals surface area contributed by atoms with Gasteiger partial charge in [0.2, 0.25) is 0 Å². The van der Waals surface area contributed by atoms with E-state index in [1.807, 2.05) is 13.8 Å². The van der Waals surface area contributed by atoms with E-state index in [9.17, 15) is 0 Å². The predicted molar refractivity (Wildman–Crippen MR) is 69.8 cm³/mol. The Morgan fingerprint density at radius 3 is 2.06 bits per heavy atom. The van der Waals surface area contributed by atoms with Crippen LogP contribution in [0.1, 0.15) is 52.9 Å². The first-order valence-electron chi connectivity index (χ1n) is 6.69. The number of ether oxygens (including phenoxy) is 2. The van der Waals surface area contributed by atoms with Gasteiger partial charge in [-0.3, -0.25) is 0 Å². The molecule has 0 rings (SSSR count). The molecule has 0 unspecified atom stereocenters. The fourth-order valence-corrected chi connectivity index (χ4v) is 1.40. The number of hydrogen-bond acceptors (Lipinski definition) is 3. The summed E-state index contributed by atoms with van der Waals surface area (Å²) in [6, 6.07) is 2.31.